The van der Waals surface area contributed by atoms with Crippen molar-refractivity contribution in [2.45, 2.75) is 51.9 Å². The highest BCUT2D eigenvalue weighted by molar-refractivity contribution is 5.37. The van der Waals surface area contributed by atoms with Crippen LogP contribution in [0.5, 0.6) is 5.75 Å². The maximum absolute atomic E-state index is 14.6. The summed E-state index contributed by atoms with van der Waals surface area (Å²) in [6, 6.07) is 1.42. The fraction of sp³-hybridized carbons (Fsp3) is 0.478. The molecule has 2 aromatic rings. The first-order valence-electron chi connectivity index (χ1n) is 10.5. The van der Waals surface area contributed by atoms with E-state index in [1.807, 2.05) is 0 Å². The van der Waals surface area contributed by atoms with Crippen molar-refractivity contribution in [3.63, 3.8) is 0 Å². The number of rotatable bonds is 8. The lowest BCUT2D eigenvalue weighted by atomic mass is 10.0. The molecule has 0 saturated carbocycles. The van der Waals surface area contributed by atoms with Crippen LogP contribution in [0.25, 0.3) is 0 Å². The third kappa shape index (κ3) is 5.60. The summed E-state index contributed by atoms with van der Waals surface area (Å²) >= 11 is 0. The van der Waals surface area contributed by atoms with Gasteiger partial charge < -0.3 is 14.2 Å². The van der Waals surface area contributed by atoms with Crippen LogP contribution in [-0.2, 0) is 15.6 Å². The van der Waals surface area contributed by atoms with Gasteiger partial charge in [0.2, 0.25) is 0 Å². The summed E-state index contributed by atoms with van der Waals surface area (Å²) in [6.07, 6.45) is -1.82. The van der Waals surface area contributed by atoms with Gasteiger partial charge in [-0.2, -0.15) is 8.78 Å². The number of hydrogen-bond donors (Lipinski definition) is 0. The highest BCUT2D eigenvalue weighted by atomic mass is 19.3. The van der Waals surface area contributed by atoms with E-state index in [2.05, 4.69) is 11.7 Å². The van der Waals surface area contributed by atoms with Gasteiger partial charge in [0.05, 0.1) is 13.2 Å². The van der Waals surface area contributed by atoms with Crippen molar-refractivity contribution in [1.82, 2.24) is 0 Å². The molecule has 1 heterocycles. The summed E-state index contributed by atoms with van der Waals surface area (Å²) < 4.78 is 114. The smallest absolute Gasteiger partial charge is 0.428 e. The van der Waals surface area contributed by atoms with E-state index in [9.17, 15) is 30.7 Å². The Morgan fingerprint density at radius 2 is 1.52 bits per heavy atom. The number of halogens is 7. The molecule has 2 aromatic carbocycles. The monoisotopic (exact) mass is 480 g/mol. The van der Waals surface area contributed by atoms with E-state index in [4.69, 9.17) is 9.47 Å². The van der Waals surface area contributed by atoms with Crippen LogP contribution < -0.4 is 4.74 Å². The van der Waals surface area contributed by atoms with Gasteiger partial charge in [-0.15, -0.1) is 0 Å². The van der Waals surface area contributed by atoms with Gasteiger partial charge in [0, 0.05) is 23.1 Å². The number of hydrogen-bond acceptors (Lipinski definition) is 3. The Kier molecular flexibility index (Phi) is 7.89. The second-order valence-electron chi connectivity index (χ2n) is 7.95. The van der Waals surface area contributed by atoms with Crippen molar-refractivity contribution in [2.24, 2.45) is 5.92 Å². The zero-order chi connectivity index (χ0) is 24.3. The summed E-state index contributed by atoms with van der Waals surface area (Å²) in [5, 5.41) is 0. The first-order valence-corrected chi connectivity index (χ1v) is 10.5. The molecule has 1 aliphatic heterocycles. The van der Waals surface area contributed by atoms with Crippen LogP contribution in [0.15, 0.2) is 18.2 Å². The first-order chi connectivity index (χ1) is 15.5. The molecule has 1 fully saturated rings. The number of alkyl halides is 2. The molecule has 0 spiro atoms. The minimum absolute atomic E-state index is 0.124. The van der Waals surface area contributed by atoms with Crippen LogP contribution in [0.4, 0.5) is 30.7 Å². The quantitative estimate of drug-likeness (QED) is 0.230. The lowest BCUT2D eigenvalue weighted by Gasteiger charge is -2.30. The molecule has 182 valence electrons. The molecular weight excluding hydrogens is 457 g/mol. The van der Waals surface area contributed by atoms with Gasteiger partial charge in [0.25, 0.3) is 0 Å². The fourth-order valence-corrected chi connectivity index (χ4v) is 3.55. The minimum atomic E-state index is -4.66. The van der Waals surface area contributed by atoms with Crippen molar-refractivity contribution in [1.29, 1.82) is 0 Å². The zero-order valence-electron chi connectivity index (χ0n) is 18.0. The lowest BCUT2D eigenvalue weighted by molar-refractivity contribution is -0.206. The van der Waals surface area contributed by atoms with Crippen LogP contribution in [0, 0.1) is 41.9 Å². The summed E-state index contributed by atoms with van der Waals surface area (Å²) in [7, 11) is 0. The van der Waals surface area contributed by atoms with Crippen molar-refractivity contribution in [2.75, 3.05) is 13.2 Å². The predicted molar refractivity (Wildman–Crippen MR) is 104 cm³/mol. The maximum Gasteiger partial charge on any atom is 0.432 e. The highest BCUT2D eigenvalue weighted by Gasteiger charge is 2.42. The van der Waals surface area contributed by atoms with E-state index in [-0.39, 0.29) is 17.5 Å². The molecule has 3 rings (SSSR count). The van der Waals surface area contributed by atoms with E-state index in [0.717, 1.165) is 32.6 Å². The number of benzene rings is 2. The largest absolute Gasteiger partial charge is 0.432 e. The summed E-state index contributed by atoms with van der Waals surface area (Å²) in [6.45, 7) is 3.51. The Hall–Kier alpha value is -2.33. The van der Waals surface area contributed by atoms with Crippen molar-refractivity contribution < 1.29 is 44.9 Å². The van der Waals surface area contributed by atoms with E-state index in [1.54, 1.807) is 0 Å². The Morgan fingerprint density at radius 1 is 0.909 bits per heavy atom. The molecule has 0 aromatic heterocycles. The zero-order valence-corrected chi connectivity index (χ0v) is 18.0. The third-order valence-corrected chi connectivity index (χ3v) is 5.41. The topological polar surface area (TPSA) is 27.7 Å². The van der Waals surface area contributed by atoms with E-state index in [0.29, 0.717) is 25.3 Å². The Labute approximate surface area is 186 Å². The fourth-order valence-electron chi connectivity index (χ4n) is 3.55. The van der Waals surface area contributed by atoms with Crippen LogP contribution >= 0.6 is 0 Å². The van der Waals surface area contributed by atoms with Crippen molar-refractivity contribution in [3.05, 3.63) is 64.0 Å². The molecule has 0 atom stereocenters. The maximum atomic E-state index is 14.6. The molecule has 3 nitrogen and oxygen atoms in total. The van der Waals surface area contributed by atoms with Crippen LogP contribution in [0.2, 0.25) is 0 Å². The minimum Gasteiger partial charge on any atom is -0.428 e. The number of unbranched alkanes of at least 4 members (excludes halogenated alkanes) is 2. The average molecular weight is 480 g/mol. The second kappa shape index (κ2) is 10.3. The second-order valence-corrected chi connectivity index (χ2v) is 7.95. The molecule has 10 heteroatoms. The van der Waals surface area contributed by atoms with Gasteiger partial charge in [0.15, 0.2) is 23.7 Å². The summed E-state index contributed by atoms with van der Waals surface area (Å²) in [5.41, 5.74) is -2.71. The van der Waals surface area contributed by atoms with Gasteiger partial charge in [-0.3, -0.25) is 0 Å². The summed E-state index contributed by atoms with van der Waals surface area (Å²) in [5.74, 6) is -9.76. The lowest BCUT2D eigenvalue weighted by Crippen LogP contribution is -2.28. The Balaban J connectivity index is 1.78. The van der Waals surface area contributed by atoms with E-state index >= 15 is 0 Å². The molecule has 0 unspecified atom stereocenters. The molecular formula is C23H23F7O3. The molecule has 0 bridgehead atoms. The molecule has 0 N–H and O–H groups in total. The molecule has 33 heavy (non-hydrogen) atoms. The standard InChI is InChI=1S/C23H23F7O3/c1-3-4-5-6-13-10-31-22(32-11-13)14-7-15(24)19(16(25)8-14)23(29,30)33-18-9-17(26)21(28)20(27)12(18)2/h7-9,13,22H,3-6,10-11H2,1-2H3. The Bertz CT molecular complexity index is 966. The normalized spacial score (nSPS) is 19.1. The van der Waals surface area contributed by atoms with Gasteiger partial charge >= 0.3 is 6.11 Å². The molecule has 1 aliphatic rings. The van der Waals surface area contributed by atoms with Gasteiger partial charge in [-0.05, 0) is 25.5 Å². The summed E-state index contributed by atoms with van der Waals surface area (Å²) in [4.78, 5) is 0. The van der Waals surface area contributed by atoms with Gasteiger partial charge in [-0.25, -0.2) is 22.0 Å². The molecule has 0 aliphatic carbocycles. The van der Waals surface area contributed by atoms with Crippen LogP contribution in [0.1, 0.15) is 55.6 Å². The molecule has 0 radical (unpaired) electrons. The van der Waals surface area contributed by atoms with Crippen molar-refractivity contribution >= 4 is 0 Å². The SMILES string of the molecule is CCCCCC1COC(c2cc(F)c(C(F)(F)Oc3cc(F)c(F)c(F)c3C)c(F)c2)OC1. The first kappa shape index (κ1) is 25.3. The van der Waals surface area contributed by atoms with Crippen LogP contribution in [-0.4, -0.2) is 13.2 Å². The molecule has 0 amide bonds. The van der Waals surface area contributed by atoms with Gasteiger partial charge in [0.1, 0.15) is 22.9 Å². The van der Waals surface area contributed by atoms with Gasteiger partial charge in [-0.1, -0.05) is 26.2 Å². The average Bonchev–Trinajstić information content (AvgIpc) is 2.75. The van der Waals surface area contributed by atoms with E-state index in [1.165, 1.54) is 0 Å². The number of ether oxygens (including phenoxy) is 3. The Morgan fingerprint density at radius 3 is 2.09 bits per heavy atom. The predicted octanol–water partition coefficient (Wildman–Crippen LogP) is 7.06. The third-order valence-electron chi connectivity index (χ3n) is 5.41. The van der Waals surface area contributed by atoms with Crippen LogP contribution in [0.3, 0.4) is 0 Å². The molecule has 1 saturated heterocycles. The van der Waals surface area contributed by atoms with Crippen molar-refractivity contribution in [3.8, 4) is 5.75 Å². The van der Waals surface area contributed by atoms with E-state index < -0.39 is 58.4 Å². The highest BCUT2D eigenvalue weighted by Crippen LogP contribution is 2.39.